The maximum atomic E-state index is 14.2. The predicted molar refractivity (Wildman–Crippen MR) is 94.8 cm³/mol. The lowest BCUT2D eigenvalue weighted by Gasteiger charge is -2.20. The van der Waals surface area contributed by atoms with E-state index in [1.165, 1.54) is 6.20 Å². The van der Waals surface area contributed by atoms with Crippen molar-refractivity contribution in [2.24, 2.45) is 0 Å². The smallest absolute Gasteiger partial charge is 0.201 e. The maximum absolute atomic E-state index is 14.2. The Morgan fingerprint density at radius 2 is 1.50 bits per heavy atom. The summed E-state index contributed by atoms with van der Waals surface area (Å²) in [5, 5.41) is 0. The van der Waals surface area contributed by atoms with Gasteiger partial charge >= 0.3 is 0 Å². The minimum Gasteiger partial charge on any atom is -0.497 e. The molecule has 1 aliphatic rings. The molecule has 0 saturated heterocycles. The van der Waals surface area contributed by atoms with Gasteiger partial charge in [0.2, 0.25) is 5.78 Å². The molecule has 0 spiro atoms. The van der Waals surface area contributed by atoms with Crippen molar-refractivity contribution >= 4 is 11.6 Å². The summed E-state index contributed by atoms with van der Waals surface area (Å²) >= 11 is 0. The second-order valence-corrected chi connectivity index (χ2v) is 6.13. The van der Waals surface area contributed by atoms with Gasteiger partial charge in [-0.05, 0) is 29.8 Å². The van der Waals surface area contributed by atoms with Crippen LogP contribution in [0.5, 0.6) is 11.5 Å². The van der Waals surface area contributed by atoms with E-state index in [9.17, 15) is 18.4 Å². The first-order valence-corrected chi connectivity index (χ1v) is 8.32. The van der Waals surface area contributed by atoms with Crippen molar-refractivity contribution in [3.8, 4) is 11.5 Å². The number of methoxy groups -OCH3 is 1. The number of aromatic nitrogens is 1. The highest BCUT2D eigenvalue weighted by atomic mass is 19.1. The van der Waals surface area contributed by atoms with Gasteiger partial charge in [0.25, 0.3) is 0 Å². The van der Waals surface area contributed by atoms with Crippen LogP contribution in [0.4, 0.5) is 8.78 Å². The molecule has 4 rings (SSSR count). The minimum atomic E-state index is -0.960. The average Bonchev–Trinajstić information content (AvgIpc) is 2.72. The first-order valence-electron chi connectivity index (χ1n) is 8.32. The van der Waals surface area contributed by atoms with Crippen molar-refractivity contribution in [2.75, 3.05) is 7.11 Å². The number of rotatable bonds is 4. The normalized spacial score (nSPS) is 12.4. The van der Waals surface area contributed by atoms with Crippen LogP contribution in [0.25, 0.3) is 0 Å². The molecule has 7 heteroatoms. The Morgan fingerprint density at radius 1 is 0.857 bits per heavy atom. The van der Waals surface area contributed by atoms with Crippen molar-refractivity contribution in [3.63, 3.8) is 0 Å². The van der Waals surface area contributed by atoms with Gasteiger partial charge in [-0.25, -0.2) is 8.78 Å². The predicted octanol–water partition coefficient (Wildman–Crippen LogP) is 3.72. The van der Waals surface area contributed by atoms with E-state index in [2.05, 4.69) is 4.98 Å². The van der Waals surface area contributed by atoms with Gasteiger partial charge in [0.1, 0.15) is 29.7 Å². The molecule has 0 fully saturated rings. The van der Waals surface area contributed by atoms with Crippen LogP contribution < -0.4 is 9.47 Å². The zero-order valence-electron chi connectivity index (χ0n) is 14.7. The van der Waals surface area contributed by atoms with Gasteiger partial charge in [0.15, 0.2) is 5.78 Å². The lowest BCUT2D eigenvalue weighted by Crippen LogP contribution is -2.25. The van der Waals surface area contributed by atoms with E-state index < -0.39 is 34.3 Å². The van der Waals surface area contributed by atoms with E-state index in [0.717, 1.165) is 23.9 Å². The summed E-state index contributed by atoms with van der Waals surface area (Å²) in [4.78, 5) is 29.4. The number of benzene rings is 2. The van der Waals surface area contributed by atoms with Crippen LogP contribution in [0.2, 0.25) is 0 Å². The van der Waals surface area contributed by atoms with Crippen molar-refractivity contribution in [3.05, 3.63) is 88.2 Å². The third kappa shape index (κ3) is 2.81. The van der Waals surface area contributed by atoms with Crippen LogP contribution in [0.15, 0.2) is 48.8 Å². The molecule has 0 unspecified atom stereocenters. The summed E-state index contributed by atoms with van der Waals surface area (Å²) < 4.78 is 39.1. The molecular weight excluding hydrogens is 368 g/mol. The van der Waals surface area contributed by atoms with E-state index >= 15 is 0 Å². The van der Waals surface area contributed by atoms with Gasteiger partial charge in [0, 0.05) is 6.20 Å². The van der Waals surface area contributed by atoms with Gasteiger partial charge in [0.05, 0.1) is 35.6 Å². The lowest BCUT2D eigenvalue weighted by molar-refractivity contribution is 0.0967. The van der Waals surface area contributed by atoms with Crippen LogP contribution >= 0.6 is 0 Å². The van der Waals surface area contributed by atoms with Crippen LogP contribution in [-0.4, -0.2) is 23.7 Å². The van der Waals surface area contributed by atoms with Crippen LogP contribution in [0.1, 0.15) is 37.4 Å². The molecule has 5 nitrogen and oxygen atoms in total. The Bertz CT molecular complexity index is 1110. The topological polar surface area (TPSA) is 65.5 Å². The number of hydrogen-bond acceptors (Lipinski definition) is 5. The Labute approximate surface area is 158 Å². The maximum Gasteiger partial charge on any atom is 0.201 e. The number of ketones is 2. The summed E-state index contributed by atoms with van der Waals surface area (Å²) in [7, 11) is 1.55. The minimum absolute atomic E-state index is 0.0287. The monoisotopic (exact) mass is 381 g/mol. The molecule has 0 saturated carbocycles. The van der Waals surface area contributed by atoms with E-state index in [-0.39, 0.29) is 23.5 Å². The van der Waals surface area contributed by atoms with Crippen molar-refractivity contribution in [1.82, 2.24) is 4.98 Å². The standard InChI is InChI=1S/C21H13F2NO4/c1-27-12-4-2-11(3-5-12)10-28-16-9-24-8-13-17(16)21(26)19-15(23)7-6-14(22)18(19)20(13)25/h2-9H,10H2,1H3. The summed E-state index contributed by atoms with van der Waals surface area (Å²) in [6.07, 6.45) is 2.43. The number of carbonyl (C=O) groups excluding carboxylic acids is 2. The van der Waals surface area contributed by atoms with Crippen LogP contribution in [0.3, 0.4) is 0 Å². The van der Waals surface area contributed by atoms with Crippen LogP contribution in [-0.2, 0) is 6.61 Å². The summed E-state index contributed by atoms with van der Waals surface area (Å²) in [5.74, 6) is -2.82. The zero-order valence-corrected chi connectivity index (χ0v) is 14.7. The molecule has 1 aromatic heterocycles. The van der Waals surface area contributed by atoms with Gasteiger partial charge in [-0.1, -0.05) is 12.1 Å². The Hall–Kier alpha value is -3.61. The first kappa shape index (κ1) is 17.8. The Morgan fingerprint density at radius 3 is 2.14 bits per heavy atom. The highest BCUT2D eigenvalue weighted by molar-refractivity contribution is 6.29. The Kier molecular flexibility index (Phi) is 4.35. The van der Waals surface area contributed by atoms with Crippen molar-refractivity contribution < 1.29 is 27.8 Å². The van der Waals surface area contributed by atoms with Crippen LogP contribution in [0, 0.1) is 11.6 Å². The quantitative estimate of drug-likeness (QED) is 0.539. The molecule has 0 radical (unpaired) electrons. The molecule has 0 atom stereocenters. The molecule has 2 aromatic carbocycles. The molecular formula is C21H13F2NO4. The van der Waals surface area contributed by atoms with Gasteiger partial charge < -0.3 is 9.47 Å². The Balaban J connectivity index is 1.72. The molecule has 28 heavy (non-hydrogen) atoms. The largest absolute Gasteiger partial charge is 0.497 e. The lowest BCUT2D eigenvalue weighted by atomic mass is 9.84. The van der Waals surface area contributed by atoms with E-state index in [1.807, 2.05) is 0 Å². The zero-order chi connectivity index (χ0) is 19.8. The summed E-state index contributed by atoms with van der Waals surface area (Å²) in [6, 6.07) is 8.70. The number of pyridine rings is 1. The SMILES string of the molecule is COc1ccc(COc2cncc3c2C(=O)c2c(F)ccc(F)c2C3=O)cc1. The number of nitrogens with zero attached hydrogens (tertiary/aromatic N) is 1. The fourth-order valence-corrected chi connectivity index (χ4v) is 3.10. The number of fused-ring (bicyclic) bond motifs is 2. The van der Waals surface area contributed by atoms with E-state index in [4.69, 9.17) is 9.47 Å². The summed E-state index contributed by atoms with van der Waals surface area (Å²) in [6.45, 7) is 0.0854. The number of ether oxygens (including phenoxy) is 2. The van der Waals surface area contributed by atoms with Gasteiger partial charge in [-0.15, -0.1) is 0 Å². The second-order valence-electron chi connectivity index (χ2n) is 6.13. The van der Waals surface area contributed by atoms with Crippen molar-refractivity contribution in [2.45, 2.75) is 6.61 Å². The third-order valence-corrected chi connectivity index (χ3v) is 4.49. The highest BCUT2D eigenvalue weighted by Gasteiger charge is 2.37. The average molecular weight is 381 g/mol. The molecule has 140 valence electrons. The second kappa shape index (κ2) is 6.84. The number of hydrogen-bond donors (Lipinski definition) is 0. The van der Waals surface area contributed by atoms with Gasteiger partial charge in [-0.3, -0.25) is 14.6 Å². The molecule has 3 aromatic rings. The van der Waals surface area contributed by atoms with Crippen molar-refractivity contribution in [1.29, 1.82) is 0 Å². The summed E-state index contributed by atoms with van der Waals surface area (Å²) in [5.41, 5.74) is -0.616. The number of carbonyl (C=O) groups is 2. The first-order chi connectivity index (χ1) is 13.5. The number of halogens is 2. The molecule has 1 heterocycles. The fraction of sp³-hybridized carbons (Fsp3) is 0.0952. The van der Waals surface area contributed by atoms with E-state index in [1.54, 1.807) is 31.4 Å². The molecule has 0 bridgehead atoms. The molecule has 0 amide bonds. The molecule has 0 N–H and O–H groups in total. The molecule has 1 aliphatic carbocycles. The third-order valence-electron chi connectivity index (χ3n) is 4.49. The van der Waals surface area contributed by atoms with Gasteiger partial charge in [-0.2, -0.15) is 0 Å². The molecule has 0 aliphatic heterocycles. The van der Waals surface area contributed by atoms with E-state index in [0.29, 0.717) is 5.75 Å². The fourth-order valence-electron chi connectivity index (χ4n) is 3.10. The highest BCUT2D eigenvalue weighted by Crippen LogP contribution is 2.35.